The van der Waals surface area contributed by atoms with Crippen LogP contribution >= 0.6 is 11.6 Å². The molecule has 2 rings (SSSR count). The highest BCUT2D eigenvalue weighted by atomic mass is 35.5. The number of amides is 1. The van der Waals surface area contributed by atoms with Crippen molar-refractivity contribution in [2.24, 2.45) is 5.92 Å². The normalized spacial score (nSPS) is 18.9. The zero-order valence-corrected chi connectivity index (χ0v) is 12.5. The molecule has 1 fully saturated rings. The molecule has 0 radical (unpaired) electrons. The molecule has 1 aromatic heterocycles. The molecule has 1 aliphatic heterocycles. The fourth-order valence-corrected chi connectivity index (χ4v) is 2.73. The van der Waals surface area contributed by atoms with Crippen LogP contribution in [-0.2, 0) is 4.79 Å². The van der Waals surface area contributed by atoms with Gasteiger partial charge in [0.05, 0.1) is 16.3 Å². The van der Waals surface area contributed by atoms with Gasteiger partial charge in [-0.3, -0.25) is 4.79 Å². The van der Waals surface area contributed by atoms with E-state index in [0.717, 1.165) is 0 Å². The van der Waals surface area contributed by atoms with E-state index in [0.29, 0.717) is 35.2 Å². The summed E-state index contributed by atoms with van der Waals surface area (Å²) in [5.74, 6) is 0.715. The maximum Gasteiger partial charge on any atom is 0.243 e. The number of nitrogens with zero attached hydrogens (tertiary/aromatic N) is 3. The van der Waals surface area contributed by atoms with Crippen LogP contribution in [0.25, 0.3) is 0 Å². The molecule has 0 aromatic carbocycles. The molecule has 20 heavy (non-hydrogen) atoms. The van der Waals surface area contributed by atoms with Crippen LogP contribution in [-0.4, -0.2) is 30.0 Å². The third kappa shape index (κ3) is 2.56. The molecule has 2 heterocycles. The molecule has 0 saturated carbocycles. The molecular formula is C14H17ClN4O. The zero-order chi connectivity index (χ0) is 14.9. The fraction of sp³-hybridized carbons (Fsp3) is 0.500. The minimum absolute atomic E-state index is 0.00821. The second-order valence-electron chi connectivity index (χ2n) is 5.21. The van der Waals surface area contributed by atoms with Crippen LogP contribution in [0.2, 0.25) is 5.02 Å². The van der Waals surface area contributed by atoms with Crippen LogP contribution in [0, 0.1) is 24.2 Å². The maximum absolute atomic E-state index is 12.1. The summed E-state index contributed by atoms with van der Waals surface area (Å²) in [7, 11) is 0. The second kappa shape index (κ2) is 5.68. The third-order valence-corrected chi connectivity index (χ3v) is 3.71. The quantitative estimate of drug-likeness (QED) is 0.903. The standard InChI is InChI=1S/C14H17ClN4O/c1-8(2)12-14(20)17-4-5-19(12)13-11(15)6-10(7-16)9(3)18-13/h6,8,12H,4-5H2,1-3H3,(H,17,20). The highest BCUT2D eigenvalue weighted by Crippen LogP contribution is 2.29. The van der Waals surface area contributed by atoms with Gasteiger partial charge in [0.2, 0.25) is 5.91 Å². The lowest BCUT2D eigenvalue weighted by Crippen LogP contribution is -2.58. The first-order chi connectivity index (χ1) is 9.45. The van der Waals surface area contributed by atoms with Crippen LogP contribution in [0.4, 0.5) is 5.82 Å². The van der Waals surface area contributed by atoms with Gasteiger partial charge in [-0.1, -0.05) is 25.4 Å². The molecule has 5 nitrogen and oxygen atoms in total. The Morgan fingerprint density at radius 1 is 1.60 bits per heavy atom. The van der Waals surface area contributed by atoms with Crippen molar-refractivity contribution < 1.29 is 4.79 Å². The van der Waals surface area contributed by atoms with Gasteiger partial charge in [0.15, 0.2) is 0 Å². The number of halogens is 1. The first kappa shape index (κ1) is 14.6. The number of nitrogens with one attached hydrogen (secondary N) is 1. The lowest BCUT2D eigenvalue weighted by Gasteiger charge is -2.38. The van der Waals surface area contributed by atoms with Crippen LogP contribution < -0.4 is 10.2 Å². The average Bonchev–Trinajstić information content (AvgIpc) is 2.40. The Morgan fingerprint density at radius 2 is 2.30 bits per heavy atom. The van der Waals surface area contributed by atoms with E-state index in [1.807, 2.05) is 18.7 Å². The molecule has 1 atom stereocenters. The van der Waals surface area contributed by atoms with Gasteiger partial charge in [-0.25, -0.2) is 4.98 Å². The van der Waals surface area contributed by atoms with Crippen LogP contribution in [0.15, 0.2) is 6.07 Å². The molecule has 6 heteroatoms. The largest absolute Gasteiger partial charge is 0.353 e. The Bertz CT molecular complexity index is 579. The van der Waals surface area contributed by atoms with E-state index in [1.165, 1.54) is 0 Å². The number of nitriles is 1. The van der Waals surface area contributed by atoms with Crippen molar-refractivity contribution in [3.05, 3.63) is 22.3 Å². The van der Waals surface area contributed by atoms with E-state index >= 15 is 0 Å². The van der Waals surface area contributed by atoms with Crippen LogP contribution in [0.3, 0.4) is 0 Å². The summed E-state index contributed by atoms with van der Waals surface area (Å²) in [4.78, 5) is 18.4. The summed E-state index contributed by atoms with van der Waals surface area (Å²) in [5, 5.41) is 12.3. The van der Waals surface area contributed by atoms with Gasteiger partial charge >= 0.3 is 0 Å². The number of carbonyl (C=O) groups excluding carboxylic acids is 1. The van der Waals surface area contributed by atoms with Crippen LogP contribution in [0.1, 0.15) is 25.1 Å². The van der Waals surface area contributed by atoms with Gasteiger partial charge in [-0.15, -0.1) is 0 Å². The minimum Gasteiger partial charge on any atom is -0.353 e. The number of aryl methyl sites for hydroxylation is 1. The Morgan fingerprint density at radius 3 is 2.90 bits per heavy atom. The van der Waals surface area contributed by atoms with Gasteiger partial charge < -0.3 is 10.2 Å². The van der Waals surface area contributed by atoms with Crippen molar-refractivity contribution in [3.8, 4) is 6.07 Å². The summed E-state index contributed by atoms with van der Waals surface area (Å²) in [5.41, 5.74) is 1.08. The van der Waals surface area contributed by atoms with E-state index in [2.05, 4.69) is 16.4 Å². The van der Waals surface area contributed by atoms with E-state index < -0.39 is 0 Å². The molecule has 106 valence electrons. The van der Waals surface area contributed by atoms with E-state index in [4.69, 9.17) is 16.9 Å². The number of hydrogen-bond acceptors (Lipinski definition) is 4. The van der Waals surface area contributed by atoms with Crippen molar-refractivity contribution in [1.82, 2.24) is 10.3 Å². The molecule has 1 aromatic rings. The van der Waals surface area contributed by atoms with Crippen molar-refractivity contribution in [1.29, 1.82) is 5.26 Å². The van der Waals surface area contributed by atoms with Gasteiger partial charge in [0.25, 0.3) is 0 Å². The Kier molecular flexibility index (Phi) is 4.15. The van der Waals surface area contributed by atoms with Gasteiger partial charge in [0, 0.05) is 13.1 Å². The van der Waals surface area contributed by atoms with E-state index in [1.54, 1.807) is 13.0 Å². The molecule has 0 spiro atoms. The highest BCUT2D eigenvalue weighted by molar-refractivity contribution is 6.33. The minimum atomic E-state index is -0.291. The predicted molar refractivity (Wildman–Crippen MR) is 77.7 cm³/mol. The predicted octanol–water partition coefficient (Wildman–Crippen LogP) is 1.88. The molecule has 1 aliphatic rings. The van der Waals surface area contributed by atoms with Gasteiger partial charge in [0.1, 0.15) is 17.9 Å². The number of pyridine rings is 1. The average molecular weight is 293 g/mol. The summed E-state index contributed by atoms with van der Waals surface area (Å²) >= 11 is 6.24. The smallest absolute Gasteiger partial charge is 0.243 e. The fourth-order valence-electron chi connectivity index (χ4n) is 2.47. The van der Waals surface area contributed by atoms with E-state index in [9.17, 15) is 4.79 Å². The number of hydrogen-bond donors (Lipinski definition) is 1. The maximum atomic E-state index is 12.1. The van der Waals surface area contributed by atoms with Crippen molar-refractivity contribution in [2.75, 3.05) is 18.0 Å². The zero-order valence-electron chi connectivity index (χ0n) is 11.8. The molecule has 1 unspecified atom stereocenters. The number of carbonyl (C=O) groups is 1. The first-order valence-electron chi connectivity index (χ1n) is 6.57. The summed E-state index contributed by atoms with van der Waals surface area (Å²) < 4.78 is 0. The van der Waals surface area contributed by atoms with Gasteiger partial charge in [-0.2, -0.15) is 5.26 Å². The number of aromatic nitrogens is 1. The molecule has 1 saturated heterocycles. The monoisotopic (exact) mass is 292 g/mol. The number of anilines is 1. The molecule has 0 aliphatic carbocycles. The first-order valence-corrected chi connectivity index (χ1v) is 6.95. The number of rotatable bonds is 2. The molecule has 1 amide bonds. The topological polar surface area (TPSA) is 69.0 Å². The Balaban J connectivity index is 2.46. The molecule has 1 N–H and O–H groups in total. The Hall–Kier alpha value is -1.80. The third-order valence-electron chi connectivity index (χ3n) is 3.43. The lowest BCUT2D eigenvalue weighted by molar-refractivity contribution is -0.124. The van der Waals surface area contributed by atoms with Gasteiger partial charge in [-0.05, 0) is 18.9 Å². The summed E-state index contributed by atoms with van der Waals surface area (Å²) in [6.45, 7) is 6.98. The molecular weight excluding hydrogens is 276 g/mol. The summed E-state index contributed by atoms with van der Waals surface area (Å²) in [6, 6.07) is 3.39. The SMILES string of the molecule is Cc1nc(N2CCNC(=O)C2C(C)C)c(Cl)cc1C#N. The lowest BCUT2D eigenvalue weighted by atomic mass is 9.99. The summed E-state index contributed by atoms with van der Waals surface area (Å²) in [6.07, 6.45) is 0. The van der Waals surface area contributed by atoms with Crippen molar-refractivity contribution in [3.63, 3.8) is 0 Å². The van der Waals surface area contributed by atoms with E-state index in [-0.39, 0.29) is 17.9 Å². The highest BCUT2D eigenvalue weighted by Gasteiger charge is 2.34. The van der Waals surface area contributed by atoms with Crippen molar-refractivity contribution >= 4 is 23.3 Å². The van der Waals surface area contributed by atoms with Crippen LogP contribution in [0.5, 0.6) is 0 Å². The second-order valence-corrected chi connectivity index (χ2v) is 5.62. The Labute approximate surface area is 123 Å². The number of piperazine rings is 1. The van der Waals surface area contributed by atoms with Crippen molar-refractivity contribution in [2.45, 2.75) is 26.8 Å². The molecule has 0 bridgehead atoms.